The average Bonchev–Trinajstić information content (AvgIpc) is 2.28. The Morgan fingerprint density at radius 3 is 2.38 bits per heavy atom. The molecule has 16 heavy (non-hydrogen) atoms. The quantitative estimate of drug-likeness (QED) is 0.783. The number of esters is 1. The molecule has 1 aromatic carbocycles. The fourth-order valence-corrected chi connectivity index (χ4v) is 1.33. The molecule has 0 aromatic heterocycles. The van der Waals surface area contributed by atoms with Gasteiger partial charge in [-0.25, -0.2) is 0 Å². The number of carbonyl (C=O) groups excluding carboxylic acids is 1. The number of ether oxygens (including phenoxy) is 1. The molecule has 0 unspecified atom stereocenters. The summed E-state index contributed by atoms with van der Waals surface area (Å²) in [7, 11) is 0. The maximum Gasteiger partial charge on any atom is 0.311 e. The molecule has 1 aromatic rings. The third-order valence-corrected chi connectivity index (χ3v) is 3.25. The molecule has 0 atom stereocenters. The van der Waals surface area contributed by atoms with Crippen LogP contribution in [-0.4, -0.2) is 5.97 Å². The third kappa shape index (κ3) is 3.63. The third-order valence-electron chi connectivity index (χ3n) is 2.72. The van der Waals surface area contributed by atoms with Crippen LogP contribution in [0, 0.1) is 5.41 Å². The minimum atomic E-state index is -0.393. The van der Waals surface area contributed by atoms with E-state index in [-0.39, 0.29) is 5.97 Å². The SMILES string of the molecule is CCC(C)(C)C(=O)OCc1ccc(Br)cc1. The highest BCUT2D eigenvalue weighted by Gasteiger charge is 2.26. The second kappa shape index (κ2) is 5.48. The van der Waals surface area contributed by atoms with Crippen LogP contribution < -0.4 is 0 Å². The van der Waals surface area contributed by atoms with Gasteiger partial charge < -0.3 is 4.74 Å². The zero-order valence-corrected chi connectivity index (χ0v) is 11.5. The highest BCUT2D eigenvalue weighted by molar-refractivity contribution is 9.10. The first-order valence-electron chi connectivity index (χ1n) is 5.37. The molecule has 0 aliphatic rings. The molecule has 1 rings (SSSR count). The fraction of sp³-hybridized carbons (Fsp3) is 0.462. The first kappa shape index (κ1) is 13.2. The highest BCUT2D eigenvalue weighted by atomic mass is 79.9. The van der Waals surface area contributed by atoms with E-state index in [0.717, 1.165) is 16.5 Å². The molecule has 0 aliphatic heterocycles. The molecular formula is C13H17BrO2. The number of halogens is 1. The van der Waals surface area contributed by atoms with Gasteiger partial charge in [0.15, 0.2) is 0 Å². The summed E-state index contributed by atoms with van der Waals surface area (Å²) in [6.07, 6.45) is 0.784. The smallest absolute Gasteiger partial charge is 0.311 e. The summed E-state index contributed by atoms with van der Waals surface area (Å²) >= 11 is 3.36. The molecule has 88 valence electrons. The van der Waals surface area contributed by atoms with Gasteiger partial charge in [0.25, 0.3) is 0 Å². The van der Waals surface area contributed by atoms with Crippen LogP contribution in [0.4, 0.5) is 0 Å². The monoisotopic (exact) mass is 284 g/mol. The Labute approximate surface area is 105 Å². The van der Waals surface area contributed by atoms with Crippen molar-refractivity contribution in [2.75, 3.05) is 0 Å². The molecule has 2 nitrogen and oxygen atoms in total. The second-order valence-electron chi connectivity index (χ2n) is 4.44. The van der Waals surface area contributed by atoms with E-state index in [2.05, 4.69) is 15.9 Å². The molecule has 0 N–H and O–H groups in total. The van der Waals surface area contributed by atoms with Crippen molar-refractivity contribution in [1.82, 2.24) is 0 Å². The molecule has 3 heteroatoms. The van der Waals surface area contributed by atoms with Gasteiger partial charge in [-0.3, -0.25) is 4.79 Å². The van der Waals surface area contributed by atoms with Gasteiger partial charge in [0, 0.05) is 4.47 Å². The van der Waals surface area contributed by atoms with Gasteiger partial charge in [0.05, 0.1) is 5.41 Å². The minimum absolute atomic E-state index is 0.141. The number of benzene rings is 1. The Balaban J connectivity index is 2.52. The first-order valence-corrected chi connectivity index (χ1v) is 6.16. The van der Waals surface area contributed by atoms with Crippen molar-refractivity contribution < 1.29 is 9.53 Å². The van der Waals surface area contributed by atoms with Crippen molar-refractivity contribution in [3.63, 3.8) is 0 Å². The zero-order chi connectivity index (χ0) is 12.2. The largest absolute Gasteiger partial charge is 0.460 e. The van der Waals surface area contributed by atoms with Gasteiger partial charge in [0.2, 0.25) is 0 Å². The summed E-state index contributed by atoms with van der Waals surface area (Å²) in [5.74, 6) is -0.141. The van der Waals surface area contributed by atoms with Crippen LogP contribution >= 0.6 is 15.9 Å². The van der Waals surface area contributed by atoms with E-state index in [9.17, 15) is 4.79 Å². The summed E-state index contributed by atoms with van der Waals surface area (Å²) in [5.41, 5.74) is 0.610. The number of rotatable bonds is 4. The van der Waals surface area contributed by atoms with Crippen LogP contribution in [0.1, 0.15) is 32.8 Å². The van der Waals surface area contributed by atoms with Crippen LogP contribution in [0.25, 0.3) is 0 Å². The van der Waals surface area contributed by atoms with E-state index < -0.39 is 5.41 Å². The molecule has 0 amide bonds. The summed E-state index contributed by atoms with van der Waals surface area (Å²) in [6.45, 7) is 6.13. The van der Waals surface area contributed by atoms with Gasteiger partial charge in [-0.2, -0.15) is 0 Å². The van der Waals surface area contributed by atoms with Crippen molar-refractivity contribution >= 4 is 21.9 Å². The average molecular weight is 285 g/mol. The molecule has 0 heterocycles. The Hall–Kier alpha value is -0.830. The Morgan fingerprint density at radius 2 is 1.88 bits per heavy atom. The van der Waals surface area contributed by atoms with Gasteiger partial charge in [0.1, 0.15) is 6.61 Å². The molecule has 0 aliphatic carbocycles. The van der Waals surface area contributed by atoms with E-state index in [1.165, 1.54) is 0 Å². The van der Waals surface area contributed by atoms with E-state index in [4.69, 9.17) is 4.74 Å². The normalized spacial score (nSPS) is 11.2. The standard InChI is InChI=1S/C13H17BrO2/c1-4-13(2,3)12(15)16-9-10-5-7-11(14)8-6-10/h5-8H,4,9H2,1-3H3. The predicted molar refractivity (Wildman–Crippen MR) is 68.0 cm³/mol. The lowest BCUT2D eigenvalue weighted by atomic mass is 9.91. The molecule has 0 fully saturated rings. The highest BCUT2D eigenvalue weighted by Crippen LogP contribution is 2.22. The van der Waals surface area contributed by atoms with Crippen LogP contribution in [-0.2, 0) is 16.1 Å². The van der Waals surface area contributed by atoms with E-state index >= 15 is 0 Å². The summed E-state index contributed by atoms with van der Waals surface area (Å²) in [5, 5.41) is 0. The molecule has 0 spiro atoms. The predicted octanol–water partition coefficient (Wildman–Crippen LogP) is 3.93. The lowest BCUT2D eigenvalue weighted by molar-refractivity contribution is -0.155. The van der Waals surface area contributed by atoms with Crippen LogP contribution in [0.15, 0.2) is 28.7 Å². The maximum atomic E-state index is 11.7. The van der Waals surface area contributed by atoms with Crippen molar-refractivity contribution in [2.45, 2.75) is 33.8 Å². The van der Waals surface area contributed by atoms with Crippen LogP contribution in [0.2, 0.25) is 0 Å². The van der Waals surface area contributed by atoms with Crippen molar-refractivity contribution in [3.8, 4) is 0 Å². The lowest BCUT2D eigenvalue weighted by Gasteiger charge is -2.20. The summed E-state index contributed by atoms with van der Waals surface area (Å²) in [4.78, 5) is 11.7. The van der Waals surface area contributed by atoms with Crippen molar-refractivity contribution in [3.05, 3.63) is 34.3 Å². The molecule has 0 radical (unpaired) electrons. The van der Waals surface area contributed by atoms with Crippen LogP contribution in [0.3, 0.4) is 0 Å². The van der Waals surface area contributed by atoms with Gasteiger partial charge in [-0.15, -0.1) is 0 Å². The van der Waals surface area contributed by atoms with Crippen molar-refractivity contribution in [2.24, 2.45) is 5.41 Å². The second-order valence-corrected chi connectivity index (χ2v) is 5.36. The Morgan fingerprint density at radius 1 is 1.31 bits per heavy atom. The first-order chi connectivity index (χ1) is 7.45. The number of hydrogen-bond acceptors (Lipinski definition) is 2. The fourth-order valence-electron chi connectivity index (χ4n) is 1.07. The molecule has 0 saturated heterocycles. The Kier molecular flexibility index (Phi) is 4.54. The summed E-state index contributed by atoms with van der Waals surface area (Å²) < 4.78 is 6.29. The van der Waals surface area contributed by atoms with Gasteiger partial charge in [-0.05, 0) is 38.0 Å². The lowest BCUT2D eigenvalue weighted by Crippen LogP contribution is -2.25. The van der Waals surface area contributed by atoms with E-state index in [1.54, 1.807) is 0 Å². The summed E-state index contributed by atoms with van der Waals surface area (Å²) in [6, 6.07) is 7.76. The number of hydrogen-bond donors (Lipinski definition) is 0. The maximum absolute atomic E-state index is 11.7. The molecular weight excluding hydrogens is 268 g/mol. The zero-order valence-electron chi connectivity index (χ0n) is 9.92. The van der Waals surface area contributed by atoms with E-state index in [1.807, 2.05) is 45.0 Å². The Bertz CT molecular complexity index is 355. The molecule has 0 saturated carbocycles. The van der Waals surface area contributed by atoms with Gasteiger partial charge >= 0.3 is 5.97 Å². The van der Waals surface area contributed by atoms with Crippen LogP contribution in [0.5, 0.6) is 0 Å². The van der Waals surface area contributed by atoms with Crippen molar-refractivity contribution in [1.29, 1.82) is 0 Å². The minimum Gasteiger partial charge on any atom is -0.460 e. The molecule has 0 bridgehead atoms. The number of carbonyl (C=O) groups is 1. The topological polar surface area (TPSA) is 26.3 Å². The van der Waals surface area contributed by atoms with E-state index in [0.29, 0.717) is 6.61 Å². The van der Waals surface area contributed by atoms with Gasteiger partial charge in [-0.1, -0.05) is 35.0 Å².